The zero-order valence-corrected chi connectivity index (χ0v) is 20.4. The molecule has 3 heterocycles. The molecule has 0 radical (unpaired) electrons. The lowest BCUT2D eigenvalue weighted by Gasteiger charge is -2.32. The van der Waals surface area contributed by atoms with E-state index in [0.717, 1.165) is 49.1 Å². The summed E-state index contributed by atoms with van der Waals surface area (Å²) in [5, 5.41) is 4.58. The van der Waals surface area contributed by atoms with E-state index in [2.05, 4.69) is 30.5 Å². The molecule has 1 saturated heterocycles. The van der Waals surface area contributed by atoms with Crippen LogP contribution in [0.2, 0.25) is 0 Å². The van der Waals surface area contributed by atoms with Gasteiger partial charge in [-0.1, -0.05) is 6.07 Å². The maximum absolute atomic E-state index is 13.7. The van der Waals surface area contributed by atoms with E-state index < -0.39 is 17.6 Å². The largest absolute Gasteiger partial charge is 0.416 e. The molecule has 37 heavy (non-hydrogen) atoms. The van der Waals surface area contributed by atoms with Crippen LogP contribution in [0, 0.1) is 0 Å². The zero-order chi connectivity index (χ0) is 26.0. The average molecular weight is 512 g/mol. The van der Waals surface area contributed by atoms with Gasteiger partial charge in [0, 0.05) is 50.5 Å². The molecule has 0 spiro atoms. The summed E-state index contributed by atoms with van der Waals surface area (Å²) in [6.45, 7) is 4.74. The Balaban J connectivity index is 1.34. The SMILES string of the molecule is CN1CCN(Cc2cc(NC(=O)c3ccc4c(c3)CN(c3cncnc3)NC4)cc(C(F)(F)F)c2)CC1. The predicted octanol–water partition coefficient (Wildman–Crippen LogP) is 3.52. The van der Waals surface area contributed by atoms with Crippen LogP contribution in [0.5, 0.6) is 0 Å². The normalized spacial score (nSPS) is 16.9. The molecule has 3 aromatic rings. The van der Waals surface area contributed by atoms with Crippen LogP contribution < -0.4 is 15.8 Å². The number of anilines is 2. The summed E-state index contributed by atoms with van der Waals surface area (Å²) in [5.41, 5.74) is 6.31. The highest BCUT2D eigenvalue weighted by atomic mass is 19.4. The molecule has 8 nitrogen and oxygen atoms in total. The third-order valence-electron chi connectivity index (χ3n) is 6.70. The molecule has 2 aromatic carbocycles. The Morgan fingerprint density at radius 1 is 1.03 bits per heavy atom. The number of carbonyl (C=O) groups excluding carboxylic acids is 1. The maximum Gasteiger partial charge on any atom is 0.416 e. The molecule has 0 saturated carbocycles. The van der Waals surface area contributed by atoms with Gasteiger partial charge in [0.25, 0.3) is 5.91 Å². The maximum atomic E-state index is 13.7. The molecule has 2 N–H and O–H groups in total. The number of nitrogens with zero attached hydrogens (tertiary/aromatic N) is 5. The molecule has 1 amide bonds. The van der Waals surface area contributed by atoms with Gasteiger partial charge in [-0.15, -0.1) is 0 Å². The Labute approximate surface area is 213 Å². The van der Waals surface area contributed by atoms with Crippen molar-refractivity contribution < 1.29 is 18.0 Å². The number of likely N-dealkylation sites (N-methyl/N-ethyl adjacent to an activating group) is 1. The van der Waals surface area contributed by atoms with Crippen LogP contribution in [0.4, 0.5) is 24.5 Å². The minimum atomic E-state index is -4.51. The molecule has 5 rings (SSSR count). The number of rotatable bonds is 5. The molecule has 1 fully saturated rings. The second kappa shape index (κ2) is 10.4. The monoisotopic (exact) mass is 511 g/mol. The standard InChI is InChI=1S/C26H28F3N7O/c1-34-4-6-35(7-5-34)15-18-8-22(26(27,28)29)11-23(9-18)33-25(37)19-2-3-20-12-32-36(16-21(20)10-19)24-13-30-17-31-14-24/h2-3,8-11,13-14,17,32H,4-7,12,15-16H2,1H3,(H,33,37). The average Bonchev–Trinajstić information content (AvgIpc) is 2.89. The summed E-state index contributed by atoms with van der Waals surface area (Å²) in [5.74, 6) is -0.458. The minimum absolute atomic E-state index is 0.131. The smallest absolute Gasteiger partial charge is 0.322 e. The number of piperazine rings is 1. The molecular weight excluding hydrogens is 483 g/mol. The number of benzene rings is 2. The summed E-state index contributed by atoms with van der Waals surface area (Å²) in [6, 6.07) is 9.12. The van der Waals surface area contributed by atoms with Crippen molar-refractivity contribution in [3.63, 3.8) is 0 Å². The van der Waals surface area contributed by atoms with Crippen molar-refractivity contribution in [2.75, 3.05) is 43.6 Å². The third kappa shape index (κ3) is 6.07. The fourth-order valence-electron chi connectivity index (χ4n) is 4.59. The molecule has 0 unspecified atom stereocenters. The molecule has 2 aliphatic rings. The van der Waals surface area contributed by atoms with E-state index in [-0.39, 0.29) is 5.69 Å². The van der Waals surface area contributed by atoms with Gasteiger partial charge in [0.2, 0.25) is 0 Å². The van der Waals surface area contributed by atoms with E-state index in [1.165, 1.54) is 12.4 Å². The van der Waals surface area contributed by atoms with Crippen molar-refractivity contribution in [1.82, 2.24) is 25.2 Å². The first-order chi connectivity index (χ1) is 17.7. The first-order valence-electron chi connectivity index (χ1n) is 12.1. The number of hydrogen-bond acceptors (Lipinski definition) is 7. The van der Waals surface area contributed by atoms with E-state index in [4.69, 9.17) is 0 Å². The first kappa shape index (κ1) is 25.1. The number of amides is 1. The highest BCUT2D eigenvalue weighted by molar-refractivity contribution is 6.04. The van der Waals surface area contributed by atoms with Crippen LogP contribution in [0.1, 0.15) is 32.6 Å². The lowest BCUT2D eigenvalue weighted by molar-refractivity contribution is -0.137. The minimum Gasteiger partial charge on any atom is -0.322 e. The lowest BCUT2D eigenvalue weighted by atomic mass is 10.0. The number of nitrogens with one attached hydrogen (secondary N) is 2. The fraction of sp³-hybridized carbons (Fsp3) is 0.346. The molecule has 0 aliphatic carbocycles. The fourth-order valence-corrected chi connectivity index (χ4v) is 4.59. The quantitative estimate of drug-likeness (QED) is 0.543. The molecule has 0 bridgehead atoms. The van der Waals surface area contributed by atoms with Gasteiger partial charge < -0.3 is 15.2 Å². The van der Waals surface area contributed by atoms with Crippen LogP contribution in [-0.2, 0) is 25.8 Å². The Morgan fingerprint density at radius 2 is 1.78 bits per heavy atom. The Bertz CT molecular complexity index is 1260. The Hall–Kier alpha value is -3.54. The van der Waals surface area contributed by atoms with Crippen molar-refractivity contribution in [3.05, 3.63) is 82.9 Å². The molecule has 0 atom stereocenters. The third-order valence-corrected chi connectivity index (χ3v) is 6.70. The van der Waals surface area contributed by atoms with Crippen molar-refractivity contribution in [3.8, 4) is 0 Å². The van der Waals surface area contributed by atoms with Crippen LogP contribution in [0.25, 0.3) is 0 Å². The summed E-state index contributed by atoms with van der Waals surface area (Å²) in [6.07, 6.45) is 0.319. The van der Waals surface area contributed by atoms with Gasteiger partial charge in [0.1, 0.15) is 6.33 Å². The highest BCUT2D eigenvalue weighted by Gasteiger charge is 2.31. The summed E-state index contributed by atoms with van der Waals surface area (Å²) in [4.78, 5) is 25.5. The topological polar surface area (TPSA) is 76.6 Å². The first-order valence-corrected chi connectivity index (χ1v) is 12.1. The van der Waals surface area contributed by atoms with E-state index in [1.807, 2.05) is 18.1 Å². The van der Waals surface area contributed by atoms with Crippen LogP contribution >= 0.6 is 0 Å². The van der Waals surface area contributed by atoms with Crippen LogP contribution in [0.3, 0.4) is 0 Å². The van der Waals surface area contributed by atoms with Crippen LogP contribution in [-0.4, -0.2) is 58.9 Å². The van der Waals surface area contributed by atoms with Crippen LogP contribution in [0.15, 0.2) is 55.1 Å². The number of fused-ring (bicyclic) bond motifs is 1. The number of carbonyl (C=O) groups is 1. The number of hydrazine groups is 1. The van der Waals surface area contributed by atoms with E-state index in [9.17, 15) is 18.0 Å². The predicted molar refractivity (Wildman–Crippen MR) is 134 cm³/mol. The van der Waals surface area contributed by atoms with Gasteiger partial charge in [-0.25, -0.2) is 15.4 Å². The van der Waals surface area contributed by atoms with Gasteiger partial charge in [0.15, 0.2) is 0 Å². The van der Waals surface area contributed by atoms with Gasteiger partial charge in [-0.2, -0.15) is 13.2 Å². The zero-order valence-electron chi connectivity index (χ0n) is 20.4. The molecule has 194 valence electrons. The summed E-state index contributed by atoms with van der Waals surface area (Å²) >= 11 is 0. The molecule has 1 aromatic heterocycles. The van der Waals surface area contributed by atoms with E-state index in [1.54, 1.807) is 30.6 Å². The van der Waals surface area contributed by atoms with Crippen molar-refractivity contribution in [2.45, 2.75) is 25.8 Å². The lowest BCUT2D eigenvalue weighted by Crippen LogP contribution is -2.43. The summed E-state index contributed by atoms with van der Waals surface area (Å²) < 4.78 is 41.0. The highest BCUT2D eigenvalue weighted by Crippen LogP contribution is 2.33. The molecule has 2 aliphatic heterocycles. The Kier molecular flexibility index (Phi) is 7.09. The van der Waals surface area contributed by atoms with Crippen molar-refractivity contribution in [1.29, 1.82) is 0 Å². The second-order valence-electron chi connectivity index (χ2n) is 9.45. The molecular formula is C26H28F3N7O. The van der Waals surface area contributed by atoms with Gasteiger partial charge in [-0.05, 0) is 54.1 Å². The number of aromatic nitrogens is 2. The van der Waals surface area contributed by atoms with Gasteiger partial charge >= 0.3 is 6.18 Å². The number of hydrogen-bond donors (Lipinski definition) is 2. The second-order valence-corrected chi connectivity index (χ2v) is 9.45. The van der Waals surface area contributed by atoms with E-state index >= 15 is 0 Å². The summed E-state index contributed by atoms with van der Waals surface area (Å²) in [7, 11) is 2.03. The van der Waals surface area contributed by atoms with E-state index in [0.29, 0.717) is 30.8 Å². The Morgan fingerprint density at radius 3 is 2.51 bits per heavy atom. The van der Waals surface area contributed by atoms with Gasteiger partial charge in [-0.3, -0.25) is 9.69 Å². The van der Waals surface area contributed by atoms with Crippen molar-refractivity contribution >= 4 is 17.3 Å². The molecule has 11 heteroatoms. The number of halogens is 3. The van der Waals surface area contributed by atoms with Gasteiger partial charge in [0.05, 0.1) is 30.2 Å². The van der Waals surface area contributed by atoms with Crippen molar-refractivity contribution in [2.24, 2.45) is 0 Å². The number of alkyl halides is 3.